The third kappa shape index (κ3) is 2.85. The van der Waals surface area contributed by atoms with Gasteiger partial charge in [0.2, 0.25) is 0 Å². The fraction of sp³-hybridized carbons (Fsp3) is 0.214. The van der Waals surface area contributed by atoms with E-state index in [-0.39, 0.29) is 0 Å². The molecule has 19 heavy (non-hydrogen) atoms. The first-order valence-electron chi connectivity index (χ1n) is 5.80. The number of rotatable bonds is 2. The largest absolute Gasteiger partial charge is 0.398 e. The Kier molecular flexibility index (Phi) is 3.72. The first kappa shape index (κ1) is 13.4. The fourth-order valence-electron chi connectivity index (χ4n) is 1.60. The summed E-state index contributed by atoms with van der Waals surface area (Å²) in [6.07, 6.45) is 0. The molecule has 0 unspecified atom stereocenters. The predicted molar refractivity (Wildman–Crippen MR) is 75.9 cm³/mol. The van der Waals surface area contributed by atoms with Gasteiger partial charge in [-0.15, -0.1) is 0 Å². The van der Waals surface area contributed by atoms with Gasteiger partial charge in [0.05, 0.1) is 11.3 Å². The van der Waals surface area contributed by atoms with Gasteiger partial charge in [0, 0.05) is 16.3 Å². The average Bonchev–Trinajstić information content (AvgIpc) is 2.36. The van der Waals surface area contributed by atoms with Gasteiger partial charge in [-0.3, -0.25) is 0 Å². The van der Waals surface area contributed by atoms with Crippen molar-refractivity contribution in [3.63, 3.8) is 0 Å². The van der Waals surface area contributed by atoms with Crippen LogP contribution in [0.5, 0.6) is 0 Å². The quantitative estimate of drug-likeness (QED) is 0.670. The Morgan fingerprint density at radius 2 is 1.79 bits per heavy atom. The summed E-state index contributed by atoms with van der Waals surface area (Å²) in [7, 11) is 0. The number of anilines is 1. The Morgan fingerprint density at radius 1 is 1.16 bits per heavy atom. The van der Waals surface area contributed by atoms with E-state index < -0.39 is 0 Å². The predicted octanol–water partition coefficient (Wildman–Crippen LogP) is 3.01. The molecule has 2 aromatic rings. The van der Waals surface area contributed by atoms with Gasteiger partial charge in [-0.25, -0.2) is 9.97 Å². The van der Waals surface area contributed by atoms with E-state index in [9.17, 15) is 0 Å². The number of nitrogens with two attached hydrogens (primary N) is 1. The van der Waals surface area contributed by atoms with E-state index in [1.165, 1.54) is 11.8 Å². The van der Waals surface area contributed by atoms with Crippen LogP contribution in [0.3, 0.4) is 0 Å². The van der Waals surface area contributed by atoms with E-state index in [2.05, 4.69) is 9.97 Å². The number of hydrogen-bond donors (Lipinski definition) is 1. The Bertz CT molecular complexity index is 651. The van der Waals surface area contributed by atoms with Crippen molar-refractivity contribution in [3.05, 3.63) is 40.7 Å². The molecule has 0 saturated carbocycles. The number of nitrogens with zero attached hydrogens (tertiary/aromatic N) is 3. The lowest BCUT2D eigenvalue weighted by Crippen LogP contribution is -1.98. The van der Waals surface area contributed by atoms with E-state index in [1.807, 2.05) is 32.9 Å². The van der Waals surface area contributed by atoms with Crippen molar-refractivity contribution in [1.29, 1.82) is 5.26 Å². The van der Waals surface area contributed by atoms with Gasteiger partial charge in [-0.05, 0) is 56.3 Å². The highest BCUT2D eigenvalue weighted by atomic mass is 32.2. The number of benzene rings is 1. The SMILES string of the molecule is Cc1nc(Sc2ccc(C#N)c(N)c2)nc(C)c1C. The van der Waals surface area contributed by atoms with Crippen molar-refractivity contribution < 1.29 is 0 Å². The Labute approximate surface area is 116 Å². The molecule has 5 heteroatoms. The van der Waals surface area contributed by atoms with Crippen LogP contribution in [0.2, 0.25) is 0 Å². The molecule has 96 valence electrons. The van der Waals surface area contributed by atoms with Crippen molar-refractivity contribution in [2.24, 2.45) is 0 Å². The number of nitriles is 1. The van der Waals surface area contributed by atoms with Gasteiger partial charge in [-0.2, -0.15) is 5.26 Å². The molecule has 0 saturated heterocycles. The van der Waals surface area contributed by atoms with Crippen LogP contribution in [-0.2, 0) is 0 Å². The molecule has 1 aromatic heterocycles. The van der Waals surface area contributed by atoms with Gasteiger partial charge >= 0.3 is 0 Å². The normalized spacial score (nSPS) is 10.2. The van der Waals surface area contributed by atoms with Gasteiger partial charge in [0.25, 0.3) is 0 Å². The maximum Gasteiger partial charge on any atom is 0.192 e. The lowest BCUT2D eigenvalue weighted by atomic mass is 10.2. The molecule has 1 heterocycles. The zero-order valence-corrected chi connectivity index (χ0v) is 11.9. The maximum absolute atomic E-state index is 8.84. The van der Waals surface area contributed by atoms with Crippen molar-refractivity contribution in [1.82, 2.24) is 9.97 Å². The minimum atomic E-state index is 0.480. The van der Waals surface area contributed by atoms with Crippen molar-refractivity contribution >= 4 is 17.4 Å². The van der Waals surface area contributed by atoms with Crippen molar-refractivity contribution in [3.8, 4) is 6.07 Å². The Balaban J connectivity index is 2.32. The zero-order valence-electron chi connectivity index (χ0n) is 11.1. The standard InChI is InChI=1S/C14H14N4S/c1-8-9(2)17-14(18-10(8)3)19-12-5-4-11(7-15)13(16)6-12/h4-6H,16H2,1-3H3. The summed E-state index contributed by atoms with van der Waals surface area (Å²) >= 11 is 1.45. The van der Waals surface area contributed by atoms with E-state index in [1.54, 1.807) is 12.1 Å². The van der Waals surface area contributed by atoms with E-state index >= 15 is 0 Å². The second-order valence-electron chi connectivity index (χ2n) is 4.26. The highest BCUT2D eigenvalue weighted by Gasteiger charge is 2.07. The van der Waals surface area contributed by atoms with Crippen LogP contribution in [0.4, 0.5) is 5.69 Å². The molecule has 0 spiro atoms. The molecule has 0 aliphatic rings. The number of aryl methyl sites for hydroxylation is 2. The smallest absolute Gasteiger partial charge is 0.192 e. The van der Waals surface area contributed by atoms with Crippen LogP contribution in [0.15, 0.2) is 28.3 Å². The second-order valence-corrected chi connectivity index (χ2v) is 5.31. The summed E-state index contributed by atoms with van der Waals surface area (Å²) in [5, 5.41) is 9.54. The van der Waals surface area contributed by atoms with Gasteiger partial charge in [0.15, 0.2) is 5.16 Å². The first-order chi connectivity index (χ1) is 9.01. The molecule has 0 aliphatic heterocycles. The van der Waals surface area contributed by atoms with Gasteiger partial charge in [0.1, 0.15) is 6.07 Å². The summed E-state index contributed by atoms with van der Waals surface area (Å²) in [6, 6.07) is 7.39. The van der Waals surface area contributed by atoms with Crippen LogP contribution < -0.4 is 5.73 Å². The molecule has 0 aliphatic carbocycles. The third-order valence-corrected chi connectivity index (χ3v) is 3.82. The first-order valence-corrected chi connectivity index (χ1v) is 6.62. The van der Waals surface area contributed by atoms with Crippen molar-refractivity contribution in [2.45, 2.75) is 30.8 Å². The summed E-state index contributed by atoms with van der Waals surface area (Å²) in [6.45, 7) is 5.96. The van der Waals surface area contributed by atoms with Crippen LogP contribution in [0.1, 0.15) is 22.5 Å². The van der Waals surface area contributed by atoms with Crippen LogP contribution >= 0.6 is 11.8 Å². The Hall–Kier alpha value is -2.06. The summed E-state index contributed by atoms with van der Waals surface area (Å²) in [5.41, 5.74) is 9.84. The minimum absolute atomic E-state index is 0.480. The van der Waals surface area contributed by atoms with Crippen molar-refractivity contribution in [2.75, 3.05) is 5.73 Å². The maximum atomic E-state index is 8.84. The molecule has 2 N–H and O–H groups in total. The number of nitrogen functional groups attached to an aromatic ring is 1. The molecule has 0 radical (unpaired) electrons. The lowest BCUT2D eigenvalue weighted by molar-refractivity contribution is 0.881. The monoisotopic (exact) mass is 270 g/mol. The molecule has 2 rings (SSSR count). The van der Waals surface area contributed by atoms with Crippen LogP contribution in [0.25, 0.3) is 0 Å². The summed E-state index contributed by atoms with van der Waals surface area (Å²) in [5.74, 6) is 0. The molecular formula is C14H14N4S. The topological polar surface area (TPSA) is 75.6 Å². The molecule has 4 nitrogen and oxygen atoms in total. The third-order valence-electron chi connectivity index (χ3n) is 2.96. The summed E-state index contributed by atoms with van der Waals surface area (Å²) < 4.78 is 0. The molecule has 0 amide bonds. The average molecular weight is 270 g/mol. The molecule has 0 atom stereocenters. The van der Waals surface area contributed by atoms with E-state index in [4.69, 9.17) is 11.0 Å². The van der Waals surface area contributed by atoms with Gasteiger partial charge < -0.3 is 5.73 Å². The minimum Gasteiger partial charge on any atom is -0.398 e. The summed E-state index contributed by atoms with van der Waals surface area (Å²) in [4.78, 5) is 9.82. The second kappa shape index (κ2) is 5.29. The Morgan fingerprint density at radius 3 is 2.32 bits per heavy atom. The highest BCUT2D eigenvalue weighted by molar-refractivity contribution is 7.99. The molecule has 1 aromatic carbocycles. The lowest BCUT2D eigenvalue weighted by Gasteiger charge is -2.07. The molecule has 0 fully saturated rings. The fourth-order valence-corrected chi connectivity index (χ4v) is 2.50. The number of hydrogen-bond acceptors (Lipinski definition) is 5. The van der Waals surface area contributed by atoms with Crippen LogP contribution in [-0.4, -0.2) is 9.97 Å². The highest BCUT2D eigenvalue weighted by Crippen LogP contribution is 2.28. The van der Waals surface area contributed by atoms with Crippen LogP contribution in [0, 0.1) is 32.1 Å². The number of aromatic nitrogens is 2. The van der Waals surface area contributed by atoms with E-state index in [0.717, 1.165) is 21.8 Å². The van der Waals surface area contributed by atoms with E-state index in [0.29, 0.717) is 16.4 Å². The zero-order chi connectivity index (χ0) is 14.0. The molecule has 0 bridgehead atoms. The van der Waals surface area contributed by atoms with Gasteiger partial charge in [-0.1, -0.05) is 0 Å². The molecular weight excluding hydrogens is 256 g/mol.